The molecular weight excluding hydrogens is 280 g/mol. The van der Waals surface area contributed by atoms with Crippen molar-refractivity contribution < 1.29 is 34.1 Å². The van der Waals surface area contributed by atoms with E-state index in [2.05, 4.69) is 0 Å². The molecule has 0 aliphatic heterocycles. The van der Waals surface area contributed by atoms with E-state index in [0.29, 0.717) is 19.3 Å². The molecular formula is C14H22O7. The van der Waals surface area contributed by atoms with Crippen LogP contribution in [0.4, 0.5) is 0 Å². The Morgan fingerprint density at radius 3 is 1.95 bits per heavy atom. The van der Waals surface area contributed by atoms with Crippen molar-refractivity contribution in [1.29, 1.82) is 0 Å². The van der Waals surface area contributed by atoms with Gasteiger partial charge in [-0.15, -0.1) is 0 Å². The third kappa shape index (κ3) is 8.06. The molecule has 7 nitrogen and oxygen atoms in total. The highest BCUT2D eigenvalue weighted by molar-refractivity contribution is 6.32. The number of ketones is 1. The summed E-state index contributed by atoms with van der Waals surface area (Å²) in [7, 11) is 0. The summed E-state index contributed by atoms with van der Waals surface area (Å²) in [6.07, 6.45) is 3.59. The molecule has 7 heteroatoms. The summed E-state index contributed by atoms with van der Waals surface area (Å²) in [5.41, 5.74) is -1.70. The molecule has 0 saturated carbocycles. The summed E-state index contributed by atoms with van der Waals surface area (Å²) < 4.78 is 4.75. The van der Waals surface area contributed by atoms with Gasteiger partial charge in [-0.2, -0.15) is 0 Å². The highest BCUT2D eigenvalue weighted by atomic mass is 16.6. The maximum atomic E-state index is 11.2. The Kier molecular flexibility index (Phi) is 8.26. The monoisotopic (exact) mass is 302 g/mol. The van der Waals surface area contributed by atoms with Crippen LogP contribution in [0.25, 0.3) is 0 Å². The minimum atomic E-state index is -1.70. The molecule has 0 aromatic rings. The first-order valence-electron chi connectivity index (χ1n) is 6.88. The summed E-state index contributed by atoms with van der Waals surface area (Å²) in [4.78, 5) is 43.5. The summed E-state index contributed by atoms with van der Waals surface area (Å²) >= 11 is 0. The first kappa shape index (κ1) is 19.1. The molecule has 0 bridgehead atoms. The lowest BCUT2D eigenvalue weighted by Crippen LogP contribution is -2.41. The fourth-order valence-corrected chi connectivity index (χ4v) is 1.75. The van der Waals surface area contributed by atoms with E-state index in [1.54, 1.807) is 0 Å². The lowest BCUT2D eigenvalue weighted by Gasteiger charge is -2.24. The summed E-state index contributed by atoms with van der Waals surface area (Å²) in [5, 5.41) is 17.6. The third-order valence-electron chi connectivity index (χ3n) is 3.10. The van der Waals surface area contributed by atoms with Crippen molar-refractivity contribution >= 4 is 23.7 Å². The molecule has 1 atom stereocenters. The minimum absolute atomic E-state index is 0.111. The summed E-state index contributed by atoms with van der Waals surface area (Å²) in [6.45, 7) is 2.29. The predicted octanol–water partition coefficient (Wildman–Crippen LogP) is 1.78. The molecule has 0 fully saturated rings. The predicted molar refractivity (Wildman–Crippen MR) is 72.8 cm³/mol. The number of ether oxygens (including phenoxy) is 1. The zero-order valence-corrected chi connectivity index (χ0v) is 12.4. The van der Waals surface area contributed by atoms with Crippen LogP contribution in [0.2, 0.25) is 0 Å². The zero-order chi connectivity index (χ0) is 16.5. The van der Waals surface area contributed by atoms with E-state index in [1.165, 1.54) is 6.92 Å². The fourth-order valence-electron chi connectivity index (χ4n) is 1.75. The van der Waals surface area contributed by atoms with E-state index >= 15 is 0 Å². The number of carbonyl (C=O) groups excluding carboxylic acids is 2. The molecule has 0 saturated heterocycles. The van der Waals surface area contributed by atoms with E-state index in [0.717, 1.165) is 19.8 Å². The molecule has 0 aromatic carbocycles. The lowest BCUT2D eigenvalue weighted by molar-refractivity contribution is -0.178. The number of hydrogen-bond donors (Lipinski definition) is 2. The molecule has 2 N–H and O–H groups in total. The Balaban J connectivity index is 4.10. The van der Waals surface area contributed by atoms with Crippen molar-refractivity contribution in [3.05, 3.63) is 0 Å². The molecule has 21 heavy (non-hydrogen) atoms. The van der Waals surface area contributed by atoms with Crippen molar-refractivity contribution in [2.45, 2.75) is 64.4 Å². The first-order valence-corrected chi connectivity index (χ1v) is 6.88. The second-order valence-electron chi connectivity index (χ2n) is 5.14. The minimum Gasteiger partial charge on any atom is -0.481 e. The number of carboxylic acid groups (broad SMARTS) is 2. The van der Waals surface area contributed by atoms with Crippen molar-refractivity contribution in [2.24, 2.45) is 0 Å². The van der Waals surface area contributed by atoms with Gasteiger partial charge in [0.05, 0.1) is 0 Å². The molecule has 1 unspecified atom stereocenters. The number of Topliss-reactive ketones (excluding diaryl/α,β-unsaturated/α-hetero) is 1. The van der Waals surface area contributed by atoms with Gasteiger partial charge in [-0.3, -0.25) is 9.59 Å². The van der Waals surface area contributed by atoms with Crippen LogP contribution in [0.3, 0.4) is 0 Å². The van der Waals surface area contributed by atoms with Gasteiger partial charge < -0.3 is 14.9 Å². The van der Waals surface area contributed by atoms with Crippen LogP contribution in [-0.4, -0.2) is 39.5 Å². The molecule has 0 aromatic heterocycles. The fraction of sp³-hybridized carbons (Fsp3) is 0.714. The third-order valence-corrected chi connectivity index (χ3v) is 3.10. The molecule has 0 heterocycles. The van der Waals surface area contributed by atoms with E-state index in [1.807, 2.05) is 0 Å². The maximum Gasteiger partial charge on any atom is 0.375 e. The molecule has 0 aliphatic carbocycles. The molecule has 0 rings (SSSR count). The van der Waals surface area contributed by atoms with Crippen LogP contribution >= 0.6 is 0 Å². The van der Waals surface area contributed by atoms with Gasteiger partial charge in [-0.25, -0.2) is 9.59 Å². The number of aliphatic carboxylic acids is 2. The van der Waals surface area contributed by atoms with Crippen LogP contribution < -0.4 is 0 Å². The SMILES string of the molecule is CC(=O)C(=O)OC(C)(CCCCCCCC(=O)O)C(=O)O. The quantitative estimate of drug-likeness (QED) is 0.339. The largest absolute Gasteiger partial charge is 0.481 e. The Bertz CT molecular complexity index is 402. The van der Waals surface area contributed by atoms with Crippen molar-refractivity contribution in [3.8, 4) is 0 Å². The maximum absolute atomic E-state index is 11.2. The van der Waals surface area contributed by atoms with Gasteiger partial charge in [0, 0.05) is 13.3 Å². The number of carboxylic acids is 2. The van der Waals surface area contributed by atoms with E-state index in [-0.39, 0.29) is 12.8 Å². The number of unbranched alkanes of at least 4 members (excludes halogenated alkanes) is 4. The van der Waals surface area contributed by atoms with Crippen LogP contribution in [0.5, 0.6) is 0 Å². The van der Waals surface area contributed by atoms with Gasteiger partial charge in [0.15, 0.2) is 0 Å². The Morgan fingerprint density at radius 1 is 0.952 bits per heavy atom. The van der Waals surface area contributed by atoms with Crippen molar-refractivity contribution in [2.75, 3.05) is 0 Å². The van der Waals surface area contributed by atoms with Crippen LogP contribution in [0, 0.1) is 0 Å². The first-order chi connectivity index (χ1) is 9.69. The number of carbonyl (C=O) groups is 4. The molecule has 0 radical (unpaired) electrons. The average molecular weight is 302 g/mol. The van der Waals surface area contributed by atoms with Crippen LogP contribution in [-0.2, 0) is 23.9 Å². The Labute approximate surface area is 123 Å². The van der Waals surface area contributed by atoms with Gasteiger partial charge >= 0.3 is 17.9 Å². The normalized spacial score (nSPS) is 13.2. The Hall–Kier alpha value is -1.92. The average Bonchev–Trinajstić information content (AvgIpc) is 2.36. The van der Waals surface area contributed by atoms with Crippen LogP contribution in [0.1, 0.15) is 58.8 Å². The van der Waals surface area contributed by atoms with E-state index < -0.39 is 29.3 Å². The molecule has 120 valence electrons. The molecule has 0 aliphatic rings. The van der Waals surface area contributed by atoms with Gasteiger partial charge in [0.1, 0.15) is 0 Å². The number of esters is 1. The second-order valence-corrected chi connectivity index (χ2v) is 5.14. The lowest BCUT2D eigenvalue weighted by atomic mass is 9.97. The van der Waals surface area contributed by atoms with Gasteiger partial charge in [-0.1, -0.05) is 19.3 Å². The number of rotatable bonds is 11. The van der Waals surface area contributed by atoms with Gasteiger partial charge in [0.25, 0.3) is 0 Å². The zero-order valence-electron chi connectivity index (χ0n) is 12.4. The van der Waals surface area contributed by atoms with Gasteiger partial charge in [-0.05, 0) is 26.2 Å². The van der Waals surface area contributed by atoms with E-state index in [4.69, 9.17) is 14.9 Å². The standard InChI is InChI=1S/C14H22O7/c1-10(15)12(18)21-14(2,13(19)20)9-7-5-3-4-6-8-11(16)17/h3-9H2,1-2H3,(H,16,17)(H,19,20). The van der Waals surface area contributed by atoms with Crippen molar-refractivity contribution in [1.82, 2.24) is 0 Å². The molecule has 0 spiro atoms. The highest BCUT2D eigenvalue weighted by Gasteiger charge is 2.37. The van der Waals surface area contributed by atoms with Crippen molar-refractivity contribution in [3.63, 3.8) is 0 Å². The smallest absolute Gasteiger partial charge is 0.375 e. The van der Waals surface area contributed by atoms with Gasteiger partial charge in [0.2, 0.25) is 11.4 Å². The topological polar surface area (TPSA) is 118 Å². The summed E-state index contributed by atoms with van der Waals surface area (Å²) in [6, 6.07) is 0. The van der Waals surface area contributed by atoms with E-state index in [9.17, 15) is 19.2 Å². The summed E-state index contributed by atoms with van der Waals surface area (Å²) in [5.74, 6) is -4.11. The van der Waals surface area contributed by atoms with Crippen LogP contribution in [0.15, 0.2) is 0 Å². The Morgan fingerprint density at radius 2 is 1.48 bits per heavy atom. The highest BCUT2D eigenvalue weighted by Crippen LogP contribution is 2.21. The second kappa shape index (κ2) is 9.10. The number of hydrogen-bond acceptors (Lipinski definition) is 5. The molecule has 0 amide bonds.